The minimum Gasteiger partial charge on any atom is -0.398 e. The molecule has 0 spiro atoms. The van der Waals surface area contributed by atoms with E-state index in [1.54, 1.807) is 6.92 Å². The predicted molar refractivity (Wildman–Crippen MR) is 50.6 cm³/mol. The van der Waals surface area contributed by atoms with Crippen LogP contribution in [-0.4, -0.2) is 5.78 Å². The number of nitrogens with two attached hydrogens (primary N) is 1. The third-order valence-electron chi connectivity index (χ3n) is 2.08. The van der Waals surface area contributed by atoms with Crippen LogP contribution in [0.4, 0.5) is 14.5 Å². The van der Waals surface area contributed by atoms with Gasteiger partial charge in [0.05, 0.1) is 0 Å². The van der Waals surface area contributed by atoms with Gasteiger partial charge in [0.15, 0.2) is 5.78 Å². The van der Waals surface area contributed by atoms with Crippen LogP contribution >= 0.6 is 0 Å². The fraction of sp³-hybridized carbons (Fsp3) is 0.300. The molecule has 1 rings (SSSR count). The highest BCUT2D eigenvalue weighted by atomic mass is 19.3. The van der Waals surface area contributed by atoms with Crippen LogP contribution in [0.1, 0.15) is 34.8 Å². The number of carbonyl (C=O) groups excluding carboxylic acids is 1. The van der Waals surface area contributed by atoms with Gasteiger partial charge >= 0.3 is 0 Å². The molecular weight excluding hydrogens is 188 g/mol. The van der Waals surface area contributed by atoms with Crippen LogP contribution in [0.5, 0.6) is 0 Å². The lowest BCUT2D eigenvalue weighted by Gasteiger charge is -2.11. The molecule has 0 aliphatic carbocycles. The van der Waals surface area contributed by atoms with Crippen LogP contribution in [0.3, 0.4) is 0 Å². The lowest BCUT2D eigenvalue weighted by atomic mass is 9.99. The number of hydrogen-bond donors (Lipinski definition) is 1. The van der Waals surface area contributed by atoms with Crippen molar-refractivity contribution in [2.75, 3.05) is 5.73 Å². The molecule has 0 aliphatic rings. The molecule has 0 fully saturated rings. The monoisotopic (exact) mass is 199 g/mol. The Labute approximate surface area is 80.7 Å². The maximum Gasteiger partial charge on any atom is 0.264 e. The number of alkyl halides is 2. The highest BCUT2D eigenvalue weighted by molar-refractivity contribution is 6.01. The van der Waals surface area contributed by atoms with E-state index in [-0.39, 0.29) is 16.8 Å². The Kier molecular flexibility index (Phi) is 2.84. The standard InChI is InChI=1S/C10H11F2NO/c1-5-3-4-7(10(11)12)8(6(2)14)9(5)13/h3-4,10H,13H2,1-2H3. The largest absolute Gasteiger partial charge is 0.398 e. The highest BCUT2D eigenvalue weighted by Gasteiger charge is 2.19. The fourth-order valence-corrected chi connectivity index (χ4v) is 1.32. The predicted octanol–water partition coefficient (Wildman–Crippen LogP) is 2.72. The third kappa shape index (κ3) is 1.73. The Morgan fingerprint density at radius 3 is 2.43 bits per heavy atom. The molecule has 0 saturated heterocycles. The van der Waals surface area contributed by atoms with Crippen molar-refractivity contribution in [3.8, 4) is 0 Å². The summed E-state index contributed by atoms with van der Waals surface area (Å²) in [5.74, 6) is -0.429. The van der Waals surface area contributed by atoms with E-state index in [0.717, 1.165) is 0 Å². The Balaban J connectivity index is 3.45. The van der Waals surface area contributed by atoms with Gasteiger partial charge in [0.25, 0.3) is 6.43 Å². The highest BCUT2D eigenvalue weighted by Crippen LogP contribution is 2.29. The molecule has 0 unspecified atom stereocenters. The minimum absolute atomic E-state index is 0.0556. The summed E-state index contributed by atoms with van der Waals surface area (Å²) in [7, 11) is 0. The number of ketones is 1. The Morgan fingerprint density at radius 2 is 2.00 bits per heavy atom. The van der Waals surface area contributed by atoms with Gasteiger partial charge in [-0.1, -0.05) is 12.1 Å². The number of aryl methyl sites for hydroxylation is 1. The lowest BCUT2D eigenvalue weighted by Crippen LogP contribution is -2.06. The molecule has 2 N–H and O–H groups in total. The van der Waals surface area contributed by atoms with E-state index in [0.29, 0.717) is 5.56 Å². The number of carbonyl (C=O) groups is 1. The number of halogens is 2. The van der Waals surface area contributed by atoms with Gasteiger partial charge in [-0.05, 0) is 19.4 Å². The van der Waals surface area contributed by atoms with Gasteiger partial charge in [-0.2, -0.15) is 0 Å². The summed E-state index contributed by atoms with van der Waals surface area (Å²) in [5.41, 5.74) is 6.01. The molecule has 0 bridgehead atoms. The number of benzene rings is 1. The molecular formula is C10H11F2NO. The van der Waals surface area contributed by atoms with Gasteiger partial charge in [-0.25, -0.2) is 8.78 Å². The topological polar surface area (TPSA) is 43.1 Å². The van der Waals surface area contributed by atoms with Gasteiger partial charge in [0.2, 0.25) is 0 Å². The van der Waals surface area contributed by atoms with E-state index in [4.69, 9.17) is 5.73 Å². The number of Topliss-reactive ketones (excluding diaryl/α,β-unsaturated/α-hetero) is 1. The smallest absolute Gasteiger partial charge is 0.264 e. The van der Waals surface area contributed by atoms with E-state index in [2.05, 4.69) is 0 Å². The summed E-state index contributed by atoms with van der Waals surface area (Å²) >= 11 is 0. The van der Waals surface area contributed by atoms with Gasteiger partial charge in [-0.3, -0.25) is 4.79 Å². The molecule has 0 heterocycles. The van der Waals surface area contributed by atoms with E-state index in [1.165, 1.54) is 19.1 Å². The van der Waals surface area contributed by atoms with Crippen molar-refractivity contribution < 1.29 is 13.6 Å². The van der Waals surface area contributed by atoms with Gasteiger partial charge in [0, 0.05) is 16.8 Å². The zero-order valence-corrected chi connectivity index (χ0v) is 7.97. The second kappa shape index (κ2) is 3.74. The zero-order valence-electron chi connectivity index (χ0n) is 7.97. The summed E-state index contributed by atoms with van der Waals surface area (Å²) < 4.78 is 25.0. The Morgan fingerprint density at radius 1 is 1.43 bits per heavy atom. The molecule has 76 valence electrons. The van der Waals surface area contributed by atoms with Crippen LogP contribution in [0.2, 0.25) is 0 Å². The summed E-state index contributed by atoms with van der Waals surface area (Å²) in [5, 5.41) is 0. The van der Waals surface area contributed by atoms with Gasteiger partial charge < -0.3 is 5.73 Å². The van der Waals surface area contributed by atoms with Gasteiger partial charge in [-0.15, -0.1) is 0 Å². The normalized spacial score (nSPS) is 10.6. The Bertz CT molecular complexity index is 375. The number of anilines is 1. The van der Waals surface area contributed by atoms with E-state index < -0.39 is 12.2 Å². The number of rotatable bonds is 2. The average molecular weight is 199 g/mol. The third-order valence-corrected chi connectivity index (χ3v) is 2.08. The Hall–Kier alpha value is -1.45. The summed E-state index contributed by atoms with van der Waals surface area (Å²) in [4.78, 5) is 11.1. The number of nitrogen functional groups attached to an aromatic ring is 1. The maximum atomic E-state index is 12.5. The van der Waals surface area contributed by atoms with Crippen molar-refractivity contribution in [3.63, 3.8) is 0 Å². The maximum absolute atomic E-state index is 12.5. The molecule has 0 aromatic heterocycles. The van der Waals surface area contributed by atoms with Crippen LogP contribution in [0.15, 0.2) is 12.1 Å². The minimum atomic E-state index is -2.67. The van der Waals surface area contributed by atoms with Gasteiger partial charge in [0.1, 0.15) is 0 Å². The fourth-order valence-electron chi connectivity index (χ4n) is 1.32. The summed E-state index contributed by atoms with van der Waals surface area (Å²) in [6.07, 6.45) is -2.67. The molecule has 0 saturated carbocycles. The molecule has 14 heavy (non-hydrogen) atoms. The average Bonchev–Trinajstić information content (AvgIpc) is 2.08. The molecule has 2 nitrogen and oxygen atoms in total. The first kappa shape index (κ1) is 10.6. The SMILES string of the molecule is CC(=O)c1c(C(F)F)ccc(C)c1N. The second-order valence-corrected chi connectivity index (χ2v) is 3.12. The molecule has 0 aliphatic heterocycles. The number of hydrogen-bond acceptors (Lipinski definition) is 2. The van der Waals surface area contributed by atoms with Crippen LogP contribution in [-0.2, 0) is 0 Å². The van der Waals surface area contributed by atoms with Crippen molar-refractivity contribution >= 4 is 11.5 Å². The summed E-state index contributed by atoms with van der Waals surface area (Å²) in [6.45, 7) is 2.91. The molecule has 0 atom stereocenters. The molecule has 4 heteroatoms. The first-order chi connectivity index (χ1) is 6.45. The molecule has 0 amide bonds. The van der Waals surface area contributed by atoms with Crippen molar-refractivity contribution in [2.45, 2.75) is 20.3 Å². The first-order valence-corrected chi connectivity index (χ1v) is 4.13. The molecule has 0 radical (unpaired) electrons. The quantitative estimate of drug-likeness (QED) is 0.587. The molecule has 1 aromatic rings. The van der Waals surface area contributed by atoms with Crippen molar-refractivity contribution in [2.24, 2.45) is 0 Å². The lowest BCUT2D eigenvalue weighted by molar-refractivity contribution is 0.1000. The van der Waals surface area contributed by atoms with E-state index >= 15 is 0 Å². The van der Waals surface area contributed by atoms with Crippen molar-refractivity contribution in [1.29, 1.82) is 0 Å². The first-order valence-electron chi connectivity index (χ1n) is 4.13. The zero-order chi connectivity index (χ0) is 10.9. The van der Waals surface area contributed by atoms with Crippen LogP contribution in [0.25, 0.3) is 0 Å². The van der Waals surface area contributed by atoms with Crippen molar-refractivity contribution in [3.05, 3.63) is 28.8 Å². The van der Waals surface area contributed by atoms with E-state index in [1.807, 2.05) is 0 Å². The second-order valence-electron chi connectivity index (χ2n) is 3.12. The van der Waals surface area contributed by atoms with E-state index in [9.17, 15) is 13.6 Å². The van der Waals surface area contributed by atoms with Crippen LogP contribution in [0, 0.1) is 6.92 Å². The summed E-state index contributed by atoms with van der Waals surface area (Å²) in [6, 6.07) is 2.73. The van der Waals surface area contributed by atoms with Crippen molar-refractivity contribution in [1.82, 2.24) is 0 Å². The molecule has 1 aromatic carbocycles. The van der Waals surface area contributed by atoms with Crippen LogP contribution < -0.4 is 5.73 Å².